The summed E-state index contributed by atoms with van der Waals surface area (Å²) in [4.78, 5) is 12.2. The number of benzene rings is 2. The van der Waals surface area contributed by atoms with Crippen LogP contribution in [0.4, 0.5) is 0 Å². The van der Waals surface area contributed by atoms with Crippen LogP contribution in [-0.4, -0.2) is 41.1 Å². The number of ether oxygens (including phenoxy) is 2. The minimum Gasteiger partial charge on any atom is -0.493 e. The van der Waals surface area contributed by atoms with Crippen LogP contribution in [0.25, 0.3) is 0 Å². The summed E-state index contributed by atoms with van der Waals surface area (Å²) in [7, 11) is -0.852. The average Bonchev–Trinajstić information content (AvgIpc) is 2.72. The first-order valence-electron chi connectivity index (χ1n) is 9.50. The molecule has 2 rings (SSSR count). The molecule has 7 nitrogen and oxygen atoms in total. The lowest BCUT2D eigenvalue weighted by atomic mass is 10.1. The van der Waals surface area contributed by atoms with Crippen LogP contribution in [0.15, 0.2) is 51.8 Å². The molecule has 2 N–H and O–H groups in total. The quantitative estimate of drug-likeness (QED) is 0.495. The van der Waals surface area contributed by atoms with Gasteiger partial charge in [0, 0.05) is 29.5 Å². The van der Waals surface area contributed by atoms with Gasteiger partial charge in [0.15, 0.2) is 11.5 Å². The molecule has 0 aliphatic carbocycles. The molecule has 0 saturated heterocycles. The summed E-state index contributed by atoms with van der Waals surface area (Å²) in [6, 6.07) is 12.4. The third-order valence-electron chi connectivity index (χ3n) is 4.50. The van der Waals surface area contributed by atoms with Crippen molar-refractivity contribution in [1.29, 1.82) is 0 Å². The summed E-state index contributed by atoms with van der Waals surface area (Å²) in [6.07, 6.45) is 1.69. The van der Waals surface area contributed by atoms with E-state index in [-0.39, 0.29) is 29.8 Å². The van der Waals surface area contributed by atoms with E-state index in [0.717, 1.165) is 17.3 Å². The summed E-state index contributed by atoms with van der Waals surface area (Å²) >= 11 is 3.41. The van der Waals surface area contributed by atoms with Gasteiger partial charge in [-0.25, -0.2) is 13.1 Å². The molecule has 2 aromatic carbocycles. The van der Waals surface area contributed by atoms with Gasteiger partial charge in [0.1, 0.15) is 0 Å². The highest BCUT2D eigenvalue weighted by atomic mass is 79.9. The van der Waals surface area contributed by atoms with Crippen LogP contribution in [0.1, 0.15) is 25.3 Å². The Kier molecular flexibility index (Phi) is 9.13. The van der Waals surface area contributed by atoms with Gasteiger partial charge >= 0.3 is 0 Å². The number of aryl methyl sites for hydroxylation is 1. The third-order valence-corrected chi connectivity index (χ3v) is 6.48. The molecule has 0 aliphatic heterocycles. The zero-order valence-electron chi connectivity index (χ0n) is 17.3. The van der Waals surface area contributed by atoms with Crippen LogP contribution in [0, 0.1) is 0 Å². The fourth-order valence-corrected chi connectivity index (χ4v) is 4.13. The Bertz CT molecular complexity index is 948. The van der Waals surface area contributed by atoms with E-state index in [1.807, 2.05) is 31.2 Å². The first kappa shape index (κ1) is 24.2. The van der Waals surface area contributed by atoms with Crippen LogP contribution in [0.5, 0.6) is 11.5 Å². The number of hydrogen-bond donors (Lipinski definition) is 2. The summed E-state index contributed by atoms with van der Waals surface area (Å²) in [6.45, 7) is 1.94. The summed E-state index contributed by atoms with van der Waals surface area (Å²) in [5.41, 5.74) is 1.20. The predicted molar refractivity (Wildman–Crippen MR) is 119 cm³/mol. The van der Waals surface area contributed by atoms with Gasteiger partial charge in [-0.2, -0.15) is 0 Å². The summed E-state index contributed by atoms with van der Waals surface area (Å²) in [5.74, 6) is 0.555. The Morgan fingerprint density at radius 2 is 1.73 bits per heavy atom. The van der Waals surface area contributed by atoms with Crippen molar-refractivity contribution in [2.75, 3.05) is 20.8 Å². The number of carbonyl (C=O) groups excluding carboxylic acids is 1. The molecule has 9 heteroatoms. The van der Waals surface area contributed by atoms with Crippen molar-refractivity contribution in [3.05, 3.63) is 52.5 Å². The number of carbonyl (C=O) groups is 1. The topological polar surface area (TPSA) is 93.7 Å². The van der Waals surface area contributed by atoms with Crippen molar-refractivity contribution >= 4 is 31.9 Å². The molecule has 0 saturated carbocycles. The molecular formula is C21H27BrN2O5S. The van der Waals surface area contributed by atoms with Gasteiger partial charge in [0.05, 0.1) is 19.1 Å². The fourth-order valence-electron chi connectivity index (χ4n) is 2.82. The Hall–Kier alpha value is -2.10. The number of methoxy groups -OCH3 is 2. The molecule has 0 bridgehead atoms. The van der Waals surface area contributed by atoms with Crippen molar-refractivity contribution in [3.63, 3.8) is 0 Å². The van der Waals surface area contributed by atoms with Crippen LogP contribution < -0.4 is 19.5 Å². The summed E-state index contributed by atoms with van der Waals surface area (Å²) in [5, 5.41) is 2.90. The van der Waals surface area contributed by atoms with Crippen molar-refractivity contribution in [2.24, 2.45) is 0 Å². The van der Waals surface area contributed by atoms with Crippen LogP contribution in [-0.2, 0) is 21.2 Å². The maximum atomic E-state index is 12.4. The van der Waals surface area contributed by atoms with Gasteiger partial charge in [-0.1, -0.05) is 28.1 Å². The molecule has 0 fully saturated rings. The zero-order valence-corrected chi connectivity index (χ0v) is 19.7. The molecule has 0 spiro atoms. The van der Waals surface area contributed by atoms with Gasteiger partial charge in [-0.05, 0) is 49.6 Å². The van der Waals surface area contributed by atoms with E-state index < -0.39 is 10.0 Å². The van der Waals surface area contributed by atoms with Gasteiger partial charge in [-0.15, -0.1) is 0 Å². The van der Waals surface area contributed by atoms with Crippen molar-refractivity contribution in [2.45, 2.75) is 37.1 Å². The second-order valence-corrected chi connectivity index (χ2v) is 9.48. The van der Waals surface area contributed by atoms with Crippen LogP contribution >= 0.6 is 15.9 Å². The summed E-state index contributed by atoms with van der Waals surface area (Å²) < 4.78 is 38.6. The molecule has 164 valence electrons. The van der Waals surface area contributed by atoms with Gasteiger partial charge in [0.2, 0.25) is 15.9 Å². The van der Waals surface area contributed by atoms with E-state index in [1.165, 1.54) is 38.0 Å². The van der Waals surface area contributed by atoms with Crippen molar-refractivity contribution in [3.8, 4) is 11.5 Å². The van der Waals surface area contributed by atoms with Gasteiger partial charge < -0.3 is 14.8 Å². The van der Waals surface area contributed by atoms with E-state index >= 15 is 0 Å². The van der Waals surface area contributed by atoms with Crippen LogP contribution in [0.2, 0.25) is 0 Å². The molecular weight excluding hydrogens is 472 g/mol. The van der Waals surface area contributed by atoms with E-state index in [0.29, 0.717) is 11.5 Å². The SMILES string of the molecule is COc1ccc(S(=O)(=O)NCCC(=O)NC(C)CCc2ccc(Br)cc2)cc1OC. The highest BCUT2D eigenvalue weighted by Gasteiger charge is 2.17. The lowest BCUT2D eigenvalue weighted by Gasteiger charge is -2.14. The molecule has 1 atom stereocenters. The maximum absolute atomic E-state index is 12.4. The standard InChI is InChI=1S/C21H27BrN2O5S/c1-15(4-5-16-6-8-17(22)9-7-16)24-21(25)12-13-23-30(26,27)18-10-11-19(28-2)20(14-18)29-3/h6-11,14-15,23H,4-5,12-13H2,1-3H3,(H,24,25). The second kappa shape index (κ2) is 11.3. The Morgan fingerprint density at radius 1 is 1.07 bits per heavy atom. The fraction of sp³-hybridized carbons (Fsp3) is 0.381. The Labute approximate surface area is 186 Å². The normalized spacial score (nSPS) is 12.3. The molecule has 1 amide bonds. The Balaban J connectivity index is 1.79. The lowest BCUT2D eigenvalue weighted by Crippen LogP contribution is -2.35. The molecule has 0 aromatic heterocycles. The highest BCUT2D eigenvalue weighted by molar-refractivity contribution is 9.10. The number of hydrogen-bond acceptors (Lipinski definition) is 5. The number of halogens is 1. The first-order valence-corrected chi connectivity index (χ1v) is 11.8. The third kappa shape index (κ3) is 7.30. The van der Waals surface area contributed by atoms with E-state index in [2.05, 4.69) is 26.0 Å². The monoisotopic (exact) mass is 498 g/mol. The lowest BCUT2D eigenvalue weighted by molar-refractivity contribution is -0.121. The molecule has 30 heavy (non-hydrogen) atoms. The molecule has 0 radical (unpaired) electrons. The van der Waals surface area contributed by atoms with Gasteiger partial charge in [0.25, 0.3) is 0 Å². The van der Waals surface area contributed by atoms with Crippen molar-refractivity contribution in [1.82, 2.24) is 10.0 Å². The molecule has 0 heterocycles. The van der Waals surface area contributed by atoms with Crippen molar-refractivity contribution < 1.29 is 22.7 Å². The highest BCUT2D eigenvalue weighted by Crippen LogP contribution is 2.29. The molecule has 0 aliphatic rings. The molecule has 1 unspecified atom stereocenters. The Morgan fingerprint density at radius 3 is 2.37 bits per heavy atom. The first-order chi connectivity index (χ1) is 14.2. The maximum Gasteiger partial charge on any atom is 0.240 e. The van der Waals surface area contributed by atoms with E-state index in [4.69, 9.17) is 9.47 Å². The number of rotatable bonds is 11. The average molecular weight is 499 g/mol. The second-order valence-electron chi connectivity index (χ2n) is 6.80. The van der Waals surface area contributed by atoms with Crippen LogP contribution in [0.3, 0.4) is 0 Å². The van der Waals surface area contributed by atoms with E-state index in [9.17, 15) is 13.2 Å². The minimum atomic E-state index is -3.76. The smallest absolute Gasteiger partial charge is 0.240 e. The molecule has 2 aromatic rings. The minimum absolute atomic E-state index is 0.00193. The zero-order chi connectivity index (χ0) is 22.1. The largest absolute Gasteiger partial charge is 0.493 e. The number of amides is 1. The number of sulfonamides is 1. The van der Waals surface area contributed by atoms with E-state index in [1.54, 1.807) is 0 Å². The number of nitrogens with one attached hydrogen (secondary N) is 2. The predicted octanol–water partition coefficient (Wildman–Crippen LogP) is 3.27. The van der Waals surface area contributed by atoms with Gasteiger partial charge in [-0.3, -0.25) is 4.79 Å².